The Hall–Kier alpha value is -1.64. The lowest BCUT2D eigenvalue weighted by Gasteiger charge is -2.39. The molecule has 1 fully saturated rings. The summed E-state index contributed by atoms with van der Waals surface area (Å²) in [5, 5.41) is 10.2. The lowest BCUT2D eigenvalue weighted by atomic mass is 9.62. The summed E-state index contributed by atoms with van der Waals surface area (Å²) < 4.78 is 0. The molecular weight excluding hydrogens is 264 g/mol. The molecule has 3 atom stereocenters. The van der Waals surface area contributed by atoms with E-state index in [2.05, 4.69) is 13.8 Å². The van der Waals surface area contributed by atoms with Gasteiger partial charge in [-0.25, -0.2) is 0 Å². The highest BCUT2D eigenvalue weighted by atomic mass is 16.3. The molecule has 0 spiro atoms. The maximum Gasteiger partial charge on any atom is 0.233 e. The summed E-state index contributed by atoms with van der Waals surface area (Å²) in [6.45, 7) is 8.19. The highest BCUT2D eigenvalue weighted by Crippen LogP contribution is 2.59. The van der Waals surface area contributed by atoms with Gasteiger partial charge in [-0.1, -0.05) is 26.8 Å². The van der Waals surface area contributed by atoms with Crippen molar-refractivity contribution in [3.63, 3.8) is 0 Å². The third-order valence-corrected chi connectivity index (χ3v) is 5.55. The van der Waals surface area contributed by atoms with Crippen molar-refractivity contribution < 1.29 is 14.7 Å². The Balaban J connectivity index is 2.29. The number of rotatable bonds is 1. The van der Waals surface area contributed by atoms with Crippen molar-refractivity contribution in [3.8, 4) is 5.75 Å². The predicted octanol–water partition coefficient (Wildman–Crippen LogP) is 3.62. The zero-order chi connectivity index (χ0) is 15.5. The molecule has 112 valence electrons. The third-order valence-electron chi connectivity index (χ3n) is 5.55. The highest BCUT2D eigenvalue weighted by Gasteiger charge is 2.57. The zero-order valence-electron chi connectivity index (χ0n) is 13.1. The van der Waals surface area contributed by atoms with Crippen molar-refractivity contribution in [1.82, 2.24) is 0 Å². The fourth-order valence-corrected chi connectivity index (χ4v) is 4.47. The second-order valence-electron chi connectivity index (χ2n) is 7.25. The first kappa shape index (κ1) is 14.3. The Morgan fingerprint density at radius 1 is 1.29 bits per heavy atom. The van der Waals surface area contributed by atoms with Crippen LogP contribution in [-0.4, -0.2) is 16.7 Å². The number of benzene rings is 1. The largest absolute Gasteiger partial charge is 0.507 e. The number of aryl methyl sites for hydroxylation is 1. The van der Waals surface area contributed by atoms with Gasteiger partial charge < -0.3 is 5.11 Å². The van der Waals surface area contributed by atoms with Crippen LogP contribution in [0.3, 0.4) is 0 Å². The van der Waals surface area contributed by atoms with Crippen LogP contribution in [0.1, 0.15) is 61.0 Å². The summed E-state index contributed by atoms with van der Waals surface area (Å²) in [6, 6.07) is 3.56. The van der Waals surface area contributed by atoms with Crippen LogP contribution < -0.4 is 0 Å². The van der Waals surface area contributed by atoms with E-state index >= 15 is 0 Å². The standard InChI is InChI=1S/C18H22O3/c1-9(2)11-5-6-18(4)15(11)12-7-10(3)8-13(19)14(12)16(20)17(18)21/h7-9,11,15,19H,5-6H2,1-4H3/t11-,15-,18-/m1/s1. The van der Waals surface area contributed by atoms with Gasteiger partial charge in [0.15, 0.2) is 0 Å². The smallest absolute Gasteiger partial charge is 0.233 e. The minimum atomic E-state index is -0.598. The lowest BCUT2D eigenvalue weighted by Crippen LogP contribution is -2.43. The molecule has 21 heavy (non-hydrogen) atoms. The topological polar surface area (TPSA) is 54.4 Å². The van der Waals surface area contributed by atoms with E-state index in [0.717, 1.165) is 24.0 Å². The number of phenols is 1. The molecule has 0 amide bonds. The van der Waals surface area contributed by atoms with Gasteiger partial charge in [-0.15, -0.1) is 0 Å². The SMILES string of the molecule is Cc1cc(O)c2c(c1)[C@H]1[C@@H](C(C)C)CC[C@@]1(C)C(=O)C2=O. The van der Waals surface area contributed by atoms with E-state index in [0.29, 0.717) is 11.8 Å². The van der Waals surface area contributed by atoms with Gasteiger partial charge in [-0.2, -0.15) is 0 Å². The van der Waals surface area contributed by atoms with E-state index < -0.39 is 11.2 Å². The molecule has 0 heterocycles. The fraction of sp³-hybridized carbons (Fsp3) is 0.556. The number of hydrogen-bond donors (Lipinski definition) is 1. The number of ketones is 2. The first-order valence-electron chi connectivity index (χ1n) is 7.70. The maximum absolute atomic E-state index is 12.6. The van der Waals surface area contributed by atoms with Gasteiger partial charge in [-0.3, -0.25) is 9.59 Å². The van der Waals surface area contributed by atoms with E-state index in [-0.39, 0.29) is 23.0 Å². The monoisotopic (exact) mass is 286 g/mol. The third kappa shape index (κ3) is 1.79. The second kappa shape index (κ2) is 4.43. The highest BCUT2D eigenvalue weighted by molar-refractivity contribution is 6.47. The van der Waals surface area contributed by atoms with E-state index in [1.54, 1.807) is 6.07 Å². The average Bonchev–Trinajstić information content (AvgIpc) is 2.74. The van der Waals surface area contributed by atoms with Gasteiger partial charge in [0.2, 0.25) is 11.6 Å². The number of hydrogen-bond acceptors (Lipinski definition) is 3. The normalized spacial score (nSPS) is 31.5. The van der Waals surface area contributed by atoms with Crippen molar-refractivity contribution in [2.75, 3.05) is 0 Å². The van der Waals surface area contributed by atoms with Crippen LogP contribution >= 0.6 is 0 Å². The van der Waals surface area contributed by atoms with Crippen molar-refractivity contribution in [1.29, 1.82) is 0 Å². The Bertz CT molecular complexity index is 644. The number of phenolic OH excluding ortho intramolecular Hbond substituents is 1. The number of carbonyl (C=O) groups is 2. The molecule has 0 bridgehead atoms. The van der Waals surface area contributed by atoms with Crippen molar-refractivity contribution in [2.45, 2.75) is 46.5 Å². The van der Waals surface area contributed by atoms with Gasteiger partial charge in [0, 0.05) is 11.3 Å². The molecule has 0 saturated heterocycles. The number of fused-ring (bicyclic) bond motifs is 3. The number of carbonyl (C=O) groups excluding carboxylic acids is 2. The van der Waals surface area contributed by atoms with Crippen LogP contribution in [0.5, 0.6) is 5.75 Å². The van der Waals surface area contributed by atoms with Crippen LogP contribution in [0.4, 0.5) is 0 Å². The van der Waals surface area contributed by atoms with Gasteiger partial charge in [0.25, 0.3) is 0 Å². The van der Waals surface area contributed by atoms with Crippen LogP contribution in [0.2, 0.25) is 0 Å². The van der Waals surface area contributed by atoms with Crippen LogP contribution in [0.15, 0.2) is 12.1 Å². The molecule has 1 N–H and O–H groups in total. The molecule has 0 aliphatic heterocycles. The summed E-state index contributed by atoms with van der Waals surface area (Å²) in [5.41, 5.74) is 1.47. The van der Waals surface area contributed by atoms with E-state index in [1.807, 2.05) is 19.9 Å². The molecule has 1 aromatic carbocycles. The summed E-state index contributed by atoms with van der Waals surface area (Å²) in [7, 11) is 0. The average molecular weight is 286 g/mol. The van der Waals surface area contributed by atoms with Crippen molar-refractivity contribution in [2.24, 2.45) is 17.3 Å². The number of Topliss-reactive ketones (excluding diaryl/α,β-unsaturated/α-hetero) is 2. The summed E-state index contributed by atoms with van der Waals surface area (Å²) in [5.74, 6) is 0.0107. The molecule has 0 radical (unpaired) electrons. The first-order chi connectivity index (χ1) is 9.77. The summed E-state index contributed by atoms with van der Waals surface area (Å²) in [6.07, 6.45) is 1.73. The van der Waals surface area contributed by atoms with E-state index in [1.165, 1.54) is 0 Å². The Kier molecular flexibility index (Phi) is 3.01. The quantitative estimate of drug-likeness (QED) is 0.802. The molecule has 3 nitrogen and oxygen atoms in total. The van der Waals surface area contributed by atoms with Gasteiger partial charge in [0.05, 0.1) is 5.56 Å². The van der Waals surface area contributed by atoms with Crippen molar-refractivity contribution >= 4 is 11.6 Å². The predicted molar refractivity (Wildman–Crippen MR) is 80.6 cm³/mol. The van der Waals surface area contributed by atoms with Gasteiger partial charge in [0.1, 0.15) is 5.75 Å². The Morgan fingerprint density at radius 3 is 2.57 bits per heavy atom. The minimum Gasteiger partial charge on any atom is -0.507 e. The molecule has 1 aromatic rings. The van der Waals surface area contributed by atoms with Crippen LogP contribution in [0, 0.1) is 24.2 Å². The first-order valence-corrected chi connectivity index (χ1v) is 7.70. The van der Waals surface area contributed by atoms with Crippen LogP contribution in [0.25, 0.3) is 0 Å². The van der Waals surface area contributed by atoms with Crippen molar-refractivity contribution in [3.05, 3.63) is 28.8 Å². The summed E-state index contributed by atoms with van der Waals surface area (Å²) >= 11 is 0. The van der Waals surface area contributed by atoms with Crippen LogP contribution in [-0.2, 0) is 4.79 Å². The summed E-state index contributed by atoms with van der Waals surface area (Å²) in [4.78, 5) is 25.1. The number of aromatic hydroxyl groups is 1. The molecule has 2 aliphatic rings. The van der Waals surface area contributed by atoms with Gasteiger partial charge >= 0.3 is 0 Å². The maximum atomic E-state index is 12.6. The minimum absolute atomic E-state index is 0.0418. The lowest BCUT2D eigenvalue weighted by molar-refractivity contribution is -0.124. The van der Waals surface area contributed by atoms with Gasteiger partial charge in [-0.05, 0) is 48.8 Å². The van der Waals surface area contributed by atoms with E-state index in [4.69, 9.17) is 0 Å². The Morgan fingerprint density at radius 2 is 1.95 bits per heavy atom. The molecule has 0 unspecified atom stereocenters. The molecule has 3 rings (SSSR count). The Labute approximate surface area is 125 Å². The second-order valence-corrected chi connectivity index (χ2v) is 7.25. The fourth-order valence-electron chi connectivity index (χ4n) is 4.47. The molecule has 3 heteroatoms. The zero-order valence-corrected chi connectivity index (χ0v) is 13.1. The van der Waals surface area contributed by atoms with E-state index in [9.17, 15) is 14.7 Å². The molecular formula is C18H22O3. The molecule has 0 aromatic heterocycles. The molecule has 1 saturated carbocycles. The molecule has 2 aliphatic carbocycles.